The molecule has 0 radical (unpaired) electrons. The highest BCUT2D eigenvalue weighted by Gasteiger charge is 2.47. The monoisotopic (exact) mass is 595 g/mol. The van der Waals surface area contributed by atoms with Gasteiger partial charge in [0, 0.05) is 51.7 Å². The predicted octanol–water partition coefficient (Wildman–Crippen LogP) is 7.32. The number of aryl methyl sites for hydroxylation is 1. The second-order valence-corrected chi connectivity index (χ2v) is 13.6. The SMILES string of the molecule is COc1cc(C(=O)N2CC3CCC2[C@@H]3N)cc2sc(-c3cc4ccc(-c5ccc(O)c(F)c5)cc4n3CC3CC3)c(C)c12. The molecular formula is C35H34FN3O3S. The number of fused-ring (bicyclic) bond motifs is 4. The fourth-order valence-electron chi connectivity index (χ4n) is 7.38. The molecule has 3 aromatic carbocycles. The Morgan fingerprint density at radius 2 is 1.86 bits per heavy atom. The van der Waals surface area contributed by atoms with Crippen molar-refractivity contribution in [2.45, 2.75) is 51.2 Å². The maximum atomic E-state index is 14.2. The van der Waals surface area contributed by atoms with Crippen LogP contribution in [0.4, 0.5) is 4.39 Å². The summed E-state index contributed by atoms with van der Waals surface area (Å²) in [6, 6.07) is 17.1. The number of hydrogen-bond acceptors (Lipinski definition) is 5. The van der Waals surface area contributed by atoms with Crippen LogP contribution >= 0.6 is 11.3 Å². The summed E-state index contributed by atoms with van der Waals surface area (Å²) in [5.41, 5.74) is 12.1. The number of amides is 1. The van der Waals surface area contributed by atoms with Crippen LogP contribution in [0.3, 0.4) is 0 Å². The summed E-state index contributed by atoms with van der Waals surface area (Å²) in [6.45, 7) is 3.79. The number of carbonyl (C=O) groups is 1. The minimum absolute atomic E-state index is 0.0384. The van der Waals surface area contributed by atoms with E-state index in [9.17, 15) is 14.3 Å². The van der Waals surface area contributed by atoms with Crippen LogP contribution < -0.4 is 10.5 Å². The van der Waals surface area contributed by atoms with E-state index in [0.717, 1.165) is 79.9 Å². The van der Waals surface area contributed by atoms with Gasteiger partial charge in [0.05, 0.1) is 17.7 Å². The first-order valence-electron chi connectivity index (χ1n) is 15.1. The lowest BCUT2D eigenvalue weighted by Crippen LogP contribution is -2.41. The molecule has 0 spiro atoms. The number of ether oxygens (including phenoxy) is 1. The highest BCUT2D eigenvalue weighted by atomic mass is 32.1. The Kier molecular flexibility index (Phi) is 6.11. The van der Waals surface area contributed by atoms with Crippen LogP contribution in [-0.4, -0.2) is 46.2 Å². The molecule has 3 heterocycles. The standard InChI is InChI=1S/C35H34FN3O3S/c1-18-32-30(42-2)14-24(35(41)39-17-23-7-9-26(39)33(23)37)15-31(32)43-34(18)28-13-22-6-5-21(20-8-10-29(40)25(36)11-20)12-27(22)38(28)16-19-3-4-19/h5-6,8,10-15,19,23,26,33,40H,3-4,7,9,16-17,37H2,1-2H3/t23?,26?,33-/m1/s1. The number of carbonyl (C=O) groups excluding carboxylic acids is 1. The first-order valence-corrected chi connectivity index (χ1v) is 15.9. The number of phenolic OH excluding ortho intramolecular Hbond substituents is 1. The van der Waals surface area contributed by atoms with Crippen molar-refractivity contribution in [2.75, 3.05) is 13.7 Å². The molecule has 3 fully saturated rings. The van der Waals surface area contributed by atoms with Gasteiger partial charge in [-0.3, -0.25) is 4.79 Å². The van der Waals surface area contributed by atoms with Gasteiger partial charge in [-0.2, -0.15) is 0 Å². The lowest BCUT2D eigenvalue weighted by atomic mass is 10.0. The van der Waals surface area contributed by atoms with E-state index < -0.39 is 5.82 Å². The van der Waals surface area contributed by atoms with Crippen LogP contribution in [-0.2, 0) is 6.54 Å². The summed E-state index contributed by atoms with van der Waals surface area (Å²) >= 11 is 1.70. The molecule has 1 saturated heterocycles. The predicted molar refractivity (Wildman–Crippen MR) is 169 cm³/mol. The van der Waals surface area contributed by atoms with Gasteiger partial charge in [-0.1, -0.05) is 18.2 Å². The smallest absolute Gasteiger partial charge is 0.254 e. The first-order chi connectivity index (χ1) is 20.8. The lowest BCUT2D eigenvalue weighted by Gasteiger charge is -2.27. The minimum atomic E-state index is -0.626. The van der Waals surface area contributed by atoms with Gasteiger partial charge < -0.3 is 25.0 Å². The lowest BCUT2D eigenvalue weighted by molar-refractivity contribution is 0.0700. The molecular weight excluding hydrogens is 561 g/mol. The molecule has 3 aliphatic rings. The number of nitrogens with two attached hydrogens (primary N) is 1. The van der Waals surface area contributed by atoms with Crippen molar-refractivity contribution >= 4 is 38.2 Å². The number of rotatable bonds is 6. The number of aromatic hydroxyl groups is 1. The number of benzene rings is 3. The molecule has 2 aromatic heterocycles. The van der Waals surface area contributed by atoms with E-state index >= 15 is 0 Å². The zero-order chi connectivity index (χ0) is 29.6. The van der Waals surface area contributed by atoms with Crippen LogP contribution in [0.1, 0.15) is 41.6 Å². The van der Waals surface area contributed by atoms with Crippen molar-refractivity contribution < 1.29 is 19.0 Å². The molecule has 3 atom stereocenters. The highest BCUT2D eigenvalue weighted by Crippen LogP contribution is 2.46. The van der Waals surface area contributed by atoms with E-state index in [1.807, 2.05) is 23.1 Å². The third-order valence-corrected chi connectivity index (χ3v) is 11.2. The Balaban J connectivity index is 1.24. The van der Waals surface area contributed by atoms with E-state index in [4.69, 9.17) is 10.5 Å². The summed E-state index contributed by atoms with van der Waals surface area (Å²) < 4.78 is 23.5. The number of aromatic nitrogens is 1. The van der Waals surface area contributed by atoms with Crippen molar-refractivity contribution in [3.05, 3.63) is 71.5 Å². The molecule has 2 unspecified atom stereocenters. The normalized spacial score (nSPS) is 21.4. The molecule has 43 heavy (non-hydrogen) atoms. The van der Waals surface area contributed by atoms with Crippen molar-refractivity contribution in [3.63, 3.8) is 0 Å². The summed E-state index contributed by atoms with van der Waals surface area (Å²) in [4.78, 5) is 16.9. The summed E-state index contributed by atoms with van der Waals surface area (Å²) in [5.74, 6) is 0.824. The number of piperidine rings is 1. The van der Waals surface area contributed by atoms with Gasteiger partial charge in [0.25, 0.3) is 5.91 Å². The Bertz CT molecular complexity index is 1940. The number of halogens is 1. The van der Waals surface area contributed by atoms with Crippen LogP contribution in [0.15, 0.2) is 54.6 Å². The Hall–Kier alpha value is -3.88. The number of hydrogen-bond donors (Lipinski definition) is 2. The number of thiophene rings is 1. The van der Waals surface area contributed by atoms with Crippen LogP contribution in [0.5, 0.6) is 11.5 Å². The summed E-state index contributed by atoms with van der Waals surface area (Å²) in [6.07, 6.45) is 4.52. The van der Waals surface area contributed by atoms with Gasteiger partial charge in [0.1, 0.15) is 5.75 Å². The van der Waals surface area contributed by atoms with Crippen molar-refractivity contribution in [1.82, 2.24) is 9.47 Å². The Morgan fingerprint density at radius 3 is 2.56 bits per heavy atom. The first kappa shape index (κ1) is 26.7. The molecule has 8 rings (SSSR count). The summed E-state index contributed by atoms with van der Waals surface area (Å²) in [5, 5.41) is 11.9. The van der Waals surface area contributed by atoms with Crippen molar-refractivity contribution in [2.24, 2.45) is 17.6 Å². The third kappa shape index (κ3) is 4.25. The van der Waals surface area contributed by atoms with Gasteiger partial charge in [0.15, 0.2) is 11.6 Å². The fourth-order valence-corrected chi connectivity index (χ4v) is 8.67. The summed E-state index contributed by atoms with van der Waals surface area (Å²) in [7, 11) is 1.67. The van der Waals surface area contributed by atoms with E-state index in [1.165, 1.54) is 25.0 Å². The molecule has 1 aliphatic heterocycles. The molecule has 1 amide bonds. The average molecular weight is 596 g/mol. The Labute approximate surface area is 253 Å². The van der Waals surface area contributed by atoms with Gasteiger partial charge in [-0.05, 0) is 97.5 Å². The van der Waals surface area contributed by atoms with E-state index in [-0.39, 0.29) is 23.7 Å². The Morgan fingerprint density at radius 1 is 1.07 bits per heavy atom. The van der Waals surface area contributed by atoms with E-state index in [2.05, 4.69) is 29.7 Å². The largest absolute Gasteiger partial charge is 0.505 e. The number of likely N-dealkylation sites (tertiary alicyclic amines) is 1. The maximum absolute atomic E-state index is 14.2. The van der Waals surface area contributed by atoms with Gasteiger partial charge in [-0.15, -0.1) is 11.3 Å². The molecule has 6 nitrogen and oxygen atoms in total. The van der Waals surface area contributed by atoms with Crippen LogP contribution in [0.25, 0.3) is 42.7 Å². The second-order valence-electron chi connectivity index (χ2n) is 12.6. The van der Waals surface area contributed by atoms with Crippen molar-refractivity contribution in [1.29, 1.82) is 0 Å². The molecule has 220 valence electrons. The number of nitrogens with zero attached hydrogens (tertiary/aromatic N) is 2. The quantitative estimate of drug-likeness (QED) is 0.216. The van der Waals surface area contributed by atoms with Crippen LogP contribution in [0.2, 0.25) is 0 Å². The highest BCUT2D eigenvalue weighted by molar-refractivity contribution is 7.22. The topological polar surface area (TPSA) is 80.7 Å². The zero-order valence-electron chi connectivity index (χ0n) is 24.3. The number of phenols is 1. The molecule has 3 N–H and O–H groups in total. The molecule has 2 aliphatic carbocycles. The van der Waals surface area contributed by atoms with Gasteiger partial charge in [0.2, 0.25) is 0 Å². The average Bonchev–Trinajstić information content (AvgIpc) is 3.42. The number of methoxy groups -OCH3 is 1. The van der Waals surface area contributed by atoms with Crippen molar-refractivity contribution in [3.8, 4) is 33.2 Å². The molecule has 8 heteroatoms. The molecule has 2 bridgehead atoms. The second kappa shape index (κ2) is 9.82. The van der Waals surface area contributed by atoms with Gasteiger partial charge >= 0.3 is 0 Å². The minimum Gasteiger partial charge on any atom is -0.505 e. The van der Waals surface area contributed by atoms with Crippen LogP contribution in [0, 0.1) is 24.6 Å². The van der Waals surface area contributed by atoms with Gasteiger partial charge in [-0.25, -0.2) is 4.39 Å². The fraction of sp³-hybridized carbons (Fsp3) is 0.343. The van der Waals surface area contributed by atoms with E-state index in [1.54, 1.807) is 24.5 Å². The maximum Gasteiger partial charge on any atom is 0.254 e. The molecule has 2 saturated carbocycles. The molecule has 5 aromatic rings. The zero-order valence-corrected chi connectivity index (χ0v) is 25.1. The third-order valence-electron chi connectivity index (χ3n) is 9.93. The van der Waals surface area contributed by atoms with E-state index in [0.29, 0.717) is 17.4 Å².